The van der Waals surface area contributed by atoms with Crippen molar-refractivity contribution < 1.29 is 4.39 Å². The Hall–Kier alpha value is -1.88. The molecular weight excluding hydrogens is 255 g/mol. The van der Waals surface area contributed by atoms with Crippen LogP contribution in [0.15, 0.2) is 30.6 Å². The topological polar surface area (TPSA) is 47.1 Å². The largest absolute Gasteiger partial charge is 0.362 e. The van der Waals surface area contributed by atoms with Crippen LogP contribution < -0.4 is 10.6 Å². The summed E-state index contributed by atoms with van der Waals surface area (Å²) in [6.45, 7) is 2.84. The second kappa shape index (κ2) is 4.90. The summed E-state index contributed by atoms with van der Waals surface area (Å²) in [5.41, 5.74) is 9.39. The molecule has 0 fully saturated rings. The molecule has 0 aliphatic carbocycles. The lowest BCUT2D eigenvalue weighted by Crippen LogP contribution is -2.38. The molecule has 0 bridgehead atoms. The highest BCUT2D eigenvalue weighted by Crippen LogP contribution is 2.36. The molecule has 2 atom stereocenters. The van der Waals surface area contributed by atoms with Crippen molar-refractivity contribution >= 4 is 5.69 Å². The van der Waals surface area contributed by atoms with Crippen molar-refractivity contribution in [3.63, 3.8) is 0 Å². The van der Waals surface area contributed by atoms with Gasteiger partial charge in [-0.1, -0.05) is 6.07 Å². The lowest BCUT2D eigenvalue weighted by Gasteiger charge is -2.32. The smallest absolute Gasteiger partial charge is 0.125 e. The number of fused-ring (bicyclic) bond motifs is 1. The van der Waals surface area contributed by atoms with E-state index in [9.17, 15) is 4.39 Å². The van der Waals surface area contributed by atoms with Crippen LogP contribution in [0, 0.1) is 5.82 Å². The molecule has 0 radical (unpaired) electrons. The fourth-order valence-corrected chi connectivity index (χ4v) is 3.03. The number of nitrogens with two attached hydrogens (primary N) is 1. The van der Waals surface area contributed by atoms with Crippen molar-refractivity contribution in [1.82, 2.24) is 9.78 Å². The van der Waals surface area contributed by atoms with Crippen LogP contribution in [0.25, 0.3) is 0 Å². The van der Waals surface area contributed by atoms with Crippen LogP contribution in [0.5, 0.6) is 0 Å². The molecule has 5 heteroatoms. The predicted molar refractivity (Wildman–Crippen MR) is 77.0 cm³/mol. The average molecular weight is 274 g/mol. The van der Waals surface area contributed by atoms with Gasteiger partial charge in [-0.05, 0) is 31.0 Å². The third-order valence-electron chi connectivity index (χ3n) is 3.88. The number of benzene rings is 1. The monoisotopic (exact) mass is 274 g/mol. The van der Waals surface area contributed by atoms with Crippen LogP contribution in [-0.2, 0) is 13.5 Å². The highest BCUT2D eigenvalue weighted by atomic mass is 19.1. The van der Waals surface area contributed by atoms with E-state index in [0.717, 1.165) is 24.2 Å². The average Bonchev–Trinajstić information content (AvgIpc) is 2.97. The number of aromatic nitrogens is 2. The zero-order valence-corrected chi connectivity index (χ0v) is 11.8. The van der Waals surface area contributed by atoms with Gasteiger partial charge in [-0.15, -0.1) is 0 Å². The lowest BCUT2D eigenvalue weighted by atomic mass is 10.0. The SMILES string of the molecule is CC(N)C(c1cnn(C)c1)N1CCc2ccc(F)cc21. The molecule has 2 N–H and O–H groups in total. The Bertz CT molecular complexity index is 620. The molecule has 3 rings (SSSR count). The van der Waals surface area contributed by atoms with E-state index in [1.807, 2.05) is 32.4 Å². The molecule has 2 heterocycles. The molecule has 1 aliphatic heterocycles. The summed E-state index contributed by atoms with van der Waals surface area (Å²) >= 11 is 0. The van der Waals surface area contributed by atoms with Gasteiger partial charge in [0, 0.05) is 37.1 Å². The number of hydrogen-bond donors (Lipinski definition) is 1. The van der Waals surface area contributed by atoms with Crippen LogP contribution in [0.2, 0.25) is 0 Å². The Kier molecular flexibility index (Phi) is 3.22. The Balaban J connectivity index is 2.01. The van der Waals surface area contributed by atoms with Gasteiger partial charge in [-0.25, -0.2) is 4.39 Å². The van der Waals surface area contributed by atoms with Gasteiger partial charge < -0.3 is 10.6 Å². The minimum absolute atomic E-state index is 0.0201. The van der Waals surface area contributed by atoms with E-state index in [2.05, 4.69) is 10.00 Å². The standard InChI is InChI=1S/C15H19FN4/c1-10(17)15(12-8-18-19(2)9-12)20-6-5-11-3-4-13(16)7-14(11)20/h3-4,7-10,15H,5-6,17H2,1-2H3. The zero-order chi connectivity index (χ0) is 14.3. The van der Waals surface area contributed by atoms with Crippen LogP contribution in [0.1, 0.15) is 24.1 Å². The highest BCUT2D eigenvalue weighted by Gasteiger charge is 2.30. The Labute approximate surface area is 118 Å². The molecule has 0 spiro atoms. The fraction of sp³-hybridized carbons (Fsp3) is 0.400. The molecule has 2 aromatic rings. The van der Waals surface area contributed by atoms with Gasteiger partial charge in [0.15, 0.2) is 0 Å². The first-order valence-corrected chi connectivity index (χ1v) is 6.85. The maximum atomic E-state index is 13.5. The fourth-order valence-electron chi connectivity index (χ4n) is 3.03. The Morgan fingerprint density at radius 3 is 2.85 bits per heavy atom. The number of aryl methyl sites for hydroxylation is 1. The zero-order valence-electron chi connectivity index (χ0n) is 11.8. The number of hydrogen-bond acceptors (Lipinski definition) is 3. The first-order chi connectivity index (χ1) is 9.56. The number of halogens is 1. The van der Waals surface area contributed by atoms with Crippen molar-refractivity contribution in [3.8, 4) is 0 Å². The van der Waals surface area contributed by atoms with Crippen LogP contribution in [0.4, 0.5) is 10.1 Å². The summed E-state index contributed by atoms with van der Waals surface area (Å²) in [6.07, 6.45) is 4.75. The molecule has 0 amide bonds. The van der Waals surface area contributed by atoms with Gasteiger partial charge in [-0.3, -0.25) is 4.68 Å². The molecule has 1 aromatic heterocycles. The van der Waals surface area contributed by atoms with Crippen molar-refractivity contribution in [3.05, 3.63) is 47.5 Å². The van der Waals surface area contributed by atoms with E-state index in [4.69, 9.17) is 5.73 Å². The molecule has 20 heavy (non-hydrogen) atoms. The van der Waals surface area contributed by atoms with E-state index in [-0.39, 0.29) is 17.9 Å². The van der Waals surface area contributed by atoms with Gasteiger partial charge in [-0.2, -0.15) is 5.10 Å². The number of rotatable bonds is 3. The quantitative estimate of drug-likeness (QED) is 0.931. The van der Waals surface area contributed by atoms with Gasteiger partial charge >= 0.3 is 0 Å². The summed E-state index contributed by atoms with van der Waals surface area (Å²) in [5, 5.41) is 4.23. The highest BCUT2D eigenvalue weighted by molar-refractivity contribution is 5.60. The summed E-state index contributed by atoms with van der Waals surface area (Å²) in [7, 11) is 1.89. The minimum Gasteiger partial charge on any atom is -0.362 e. The van der Waals surface area contributed by atoms with E-state index >= 15 is 0 Å². The molecular formula is C15H19FN4. The second-order valence-electron chi connectivity index (χ2n) is 5.47. The molecule has 106 valence electrons. The minimum atomic E-state index is -0.203. The number of nitrogens with zero attached hydrogens (tertiary/aromatic N) is 3. The molecule has 0 saturated heterocycles. The maximum Gasteiger partial charge on any atom is 0.125 e. The first kappa shape index (κ1) is 13.1. The van der Waals surface area contributed by atoms with Crippen molar-refractivity contribution in [2.75, 3.05) is 11.4 Å². The van der Waals surface area contributed by atoms with E-state index < -0.39 is 0 Å². The van der Waals surface area contributed by atoms with Crippen molar-refractivity contribution in [1.29, 1.82) is 0 Å². The van der Waals surface area contributed by atoms with Crippen molar-refractivity contribution in [2.24, 2.45) is 12.8 Å². The van der Waals surface area contributed by atoms with E-state index in [0.29, 0.717) is 0 Å². The third-order valence-corrected chi connectivity index (χ3v) is 3.88. The predicted octanol–water partition coefficient (Wildman–Crippen LogP) is 2.01. The van der Waals surface area contributed by atoms with E-state index in [1.54, 1.807) is 10.7 Å². The van der Waals surface area contributed by atoms with Crippen LogP contribution in [0.3, 0.4) is 0 Å². The van der Waals surface area contributed by atoms with E-state index in [1.165, 1.54) is 11.6 Å². The summed E-state index contributed by atoms with van der Waals surface area (Å²) in [6, 6.07) is 4.95. The van der Waals surface area contributed by atoms with Gasteiger partial charge in [0.05, 0.1) is 12.2 Å². The van der Waals surface area contributed by atoms with Crippen LogP contribution >= 0.6 is 0 Å². The molecule has 4 nitrogen and oxygen atoms in total. The van der Waals surface area contributed by atoms with Gasteiger partial charge in [0.25, 0.3) is 0 Å². The number of anilines is 1. The van der Waals surface area contributed by atoms with Crippen molar-refractivity contribution in [2.45, 2.75) is 25.4 Å². The van der Waals surface area contributed by atoms with Gasteiger partial charge in [0.2, 0.25) is 0 Å². The Morgan fingerprint density at radius 1 is 1.40 bits per heavy atom. The molecule has 2 unspecified atom stereocenters. The lowest BCUT2D eigenvalue weighted by molar-refractivity contribution is 0.540. The van der Waals surface area contributed by atoms with Crippen LogP contribution in [-0.4, -0.2) is 22.4 Å². The summed E-state index contributed by atoms with van der Waals surface area (Å²) in [5.74, 6) is -0.203. The summed E-state index contributed by atoms with van der Waals surface area (Å²) < 4.78 is 15.3. The molecule has 1 aromatic carbocycles. The first-order valence-electron chi connectivity index (χ1n) is 6.85. The third kappa shape index (κ3) is 2.18. The Morgan fingerprint density at radius 2 is 2.20 bits per heavy atom. The maximum absolute atomic E-state index is 13.5. The second-order valence-corrected chi connectivity index (χ2v) is 5.47. The molecule has 0 saturated carbocycles. The molecule has 1 aliphatic rings. The normalized spacial score (nSPS) is 17.1. The van der Waals surface area contributed by atoms with Gasteiger partial charge in [0.1, 0.15) is 5.82 Å². The summed E-state index contributed by atoms with van der Waals surface area (Å²) in [4.78, 5) is 2.19.